The van der Waals surface area contributed by atoms with Gasteiger partial charge < -0.3 is 42.6 Å². The third-order valence-electron chi connectivity index (χ3n) is 8.52. The number of esters is 2. The third-order valence-corrected chi connectivity index (χ3v) is 8.52. The minimum absolute atomic E-state index is 0. The summed E-state index contributed by atoms with van der Waals surface area (Å²) in [7, 11) is 8.34. The van der Waals surface area contributed by atoms with Crippen LogP contribution in [0.3, 0.4) is 0 Å². The zero-order chi connectivity index (χ0) is 36.1. The van der Waals surface area contributed by atoms with Gasteiger partial charge in [-0.2, -0.15) is 0 Å². The van der Waals surface area contributed by atoms with Crippen molar-refractivity contribution in [2.24, 2.45) is 0 Å². The molecule has 6 rings (SSSR count). The van der Waals surface area contributed by atoms with Crippen molar-refractivity contribution in [3.05, 3.63) is 46.7 Å². The van der Waals surface area contributed by atoms with Crippen LogP contribution in [-0.4, -0.2) is 123 Å². The molecular weight excluding hydrogens is 658 g/mol. The predicted octanol–water partition coefficient (Wildman–Crippen LogP) is 6.76. The molecule has 12 heteroatoms. The second-order valence-electron chi connectivity index (χ2n) is 12.9. The van der Waals surface area contributed by atoms with Crippen molar-refractivity contribution < 1.29 is 52.2 Å². The molecular formula is C39H69NO11. The molecule has 296 valence electrons. The Hall–Kier alpha value is -2.42. The van der Waals surface area contributed by atoms with Crippen molar-refractivity contribution in [3.63, 3.8) is 0 Å². The number of fused-ring (bicyclic) bond motifs is 1. The molecule has 0 aromatic heterocycles. The van der Waals surface area contributed by atoms with Crippen LogP contribution in [-0.2, 0) is 47.4 Å². The Balaban J connectivity index is 0.000000612. The summed E-state index contributed by atoms with van der Waals surface area (Å²) >= 11 is 0. The lowest BCUT2D eigenvalue weighted by Gasteiger charge is -2.25. The van der Waals surface area contributed by atoms with Crippen molar-refractivity contribution in [2.45, 2.75) is 105 Å². The van der Waals surface area contributed by atoms with Crippen molar-refractivity contribution in [1.82, 2.24) is 4.90 Å². The number of benzene rings is 1. The minimum atomic E-state index is -0.520. The first-order valence-corrected chi connectivity index (χ1v) is 17.3. The van der Waals surface area contributed by atoms with Crippen molar-refractivity contribution in [3.8, 4) is 0 Å². The fourth-order valence-electron chi connectivity index (χ4n) is 5.70. The van der Waals surface area contributed by atoms with Gasteiger partial charge in [0.1, 0.15) is 12.4 Å². The first-order valence-electron chi connectivity index (χ1n) is 17.3. The van der Waals surface area contributed by atoms with Gasteiger partial charge in [0, 0.05) is 60.7 Å². The van der Waals surface area contributed by atoms with Crippen LogP contribution >= 0.6 is 0 Å². The average Bonchev–Trinajstić information content (AvgIpc) is 3.89. The summed E-state index contributed by atoms with van der Waals surface area (Å²) in [6.45, 7) is 13.0. The molecule has 12 nitrogen and oxygen atoms in total. The smallest absolute Gasteiger partial charge is 0.341 e. The van der Waals surface area contributed by atoms with E-state index in [0.29, 0.717) is 36.6 Å². The van der Waals surface area contributed by atoms with E-state index in [-0.39, 0.29) is 32.4 Å². The van der Waals surface area contributed by atoms with Gasteiger partial charge in [-0.25, -0.2) is 4.79 Å². The van der Waals surface area contributed by atoms with Gasteiger partial charge in [0.05, 0.1) is 56.2 Å². The highest BCUT2D eigenvalue weighted by Crippen LogP contribution is 2.30. The van der Waals surface area contributed by atoms with E-state index in [1.165, 1.54) is 32.8 Å². The van der Waals surface area contributed by atoms with E-state index >= 15 is 0 Å². The molecule has 4 aliphatic heterocycles. The van der Waals surface area contributed by atoms with E-state index in [1.54, 1.807) is 40.6 Å². The number of ether oxygens (including phenoxy) is 9. The number of cyclic esters (lactones) is 2. The molecule has 4 heterocycles. The normalized spacial score (nSPS) is 21.8. The van der Waals surface area contributed by atoms with Crippen molar-refractivity contribution >= 4 is 11.9 Å². The molecule has 0 N–H and O–H groups in total. The Morgan fingerprint density at radius 3 is 2.04 bits per heavy atom. The van der Waals surface area contributed by atoms with Crippen LogP contribution < -0.4 is 0 Å². The fraction of sp³-hybridized carbons (Fsp3) is 0.744. The molecule has 1 saturated carbocycles. The highest BCUT2D eigenvalue weighted by Gasteiger charge is 2.31. The molecule has 2 saturated heterocycles. The van der Waals surface area contributed by atoms with Crippen LogP contribution in [0.1, 0.15) is 103 Å². The lowest BCUT2D eigenvalue weighted by atomic mass is 10.1. The Morgan fingerprint density at radius 1 is 0.882 bits per heavy atom. The summed E-state index contributed by atoms with van der Waals surface area (Å²) in [4.78, 5) is 24.1. The van der Waals surface area contributed by atoms with Gasteiger partial charge in [0.25, 0.3) is 0 Å². The number of hydrogen-bond acceptors (Lipinski definition) is 12. The molecule has 1 aromatic carbocycles. The zero-order valence-electron chi connectivity index (χ0n) is 31.1. The van der Waals surface area contributed by atoms with E-state index in [2.05, 4.69) is 18.7 Å². The standard InChI is InChI=1S/C9H8O3.C8H16O2.C7H15NO2.C7H10O3.C6H12O.2CH4/c1-11-9-7-5-3-2-4-6(7)8(10)12-9;1-8(2)5-4-7(10-8)6-9-3;1-9-5-2-8-3-6-10-7-4-8;1-5-3-7(8)10-6(5)4-9-2;1-7-6-4-2-3-5-6;;/h2-5,9H,1H3;7H,4-6H2,1-3H3;2-7H2,1H3;3-4H2,1-2H3;6H,2-5H2,1H3;2*1H4. The van der Waals surface area contributed by atoms with Gasteiger partial charge in [-0.05, 0) is 58.1 Å². The SMILES string of the molecule is C.C.COC1CCCC1.COC1OC(=O)c2ccccc21.COCC1=C(C)CC(=O)O1.COCC1CCC(C)(C)O1.COCCN1CCOCC1. The molecule has 1 aromatic rings. The van der Waals surface area contributed by atoms with Crippen molar-refractivity contribution in [2.75, 3.05) is 88.2 Å². The van der Waals surface area contributed by atoms with Crippen LogP contribution in [0.2, 0.25) is 0 Å². The molecule has 0 amide bonds. The number of carbonyl (C=O) groups excluding carboxylic acids is 2. The van der Waals surface area contributed by atoms with E-state index in [0.717, 1.165) is 70.0 Å². The molecule has 2 atom stereocenters. The molecule has 3 fully saturated rings. The number of hydrogen-bond donors (Lipinski definition) is 0. The van der Waals surface area contributed by atoms with Crippen LogP contribution in [0.5, 0.6) is 0 Å². The van der Waals surface area contributed by atoms with E-state index in [4.69, 9.17) is 42.6 Å². The first-order chi connectivity index (χ1) is 23.6. The summed E-state index contributed by atoms with van der Waals surface area (Å²) in [5.74, 6) is 0.189. The van der Waals surface area contributed by atoms with Gasteiger partial charge in [0.15, 0.2) is 0 Å². The van der Waals surface area contributed by atoms with Gasteiger partial charge in [-0.1, -0.05) is 45.9 Å². The molecule has 1 aliphatic carbocycles. The summed E-state index contributed by atoms with van der Waals surface area (Å²) < 4.78 is 45.5. The second kappa shape index (κ2) is 27.2. The number of nitrogens with zero attached hydrogens (tertiary/aromatic N) is 1. The Morgan fingerprint density at radius 2 is 1.55 bits per heavy atom. The Kier molecular flexibility index (Phi) is 25.9. The largest absolute Gasteiger partial charge is 0.428 e. The minimum Gasteiger partial charge on any atom is -0.428 e. The molecule has 0 spiro atoms. The lowest BCUT2D eigenvalue weighted by molar-refractivity contribution is -0.137. The van der Waals surface area contributed by atoms with Gasteiger partial charge in [-0.3, -0.25) is 9.69 Å². The van der Waals surface area contributed by atoms with Crippen LogP contribution in [0.25, 0.3) is 0 Å². The molecule has 51 heavy (non-hydrogen) atoms. The summed E-state index contributed by atoms with van der Waals surface area (Å²) in [6, 6.07) is 7.22. The average molecular weight is 728 g/mol. The predicted molar refractivity (Wildman–Crippen MR) is 199 cm³/mol. The first kappa shape index (κ1) is 48.6. The maximum Gasteiger partial charge on any atom is 0.341 e. The number of carbonyl (C=O) groups is 2. The maximum atomic E-state index is 11.1. The van der Waals surface area contributed by atoms with E-state index < -0.39 is 6.29 Å². The zero-order valence-corrected chi connectivity index (χ0v) is 31.1. The highest BCUT2D eigenvalue weighted by atomic mass is 16.7. The van der Waals surface area contributed by atoms with Gasteiger partial charge >= 0.3 is 11.9 Å². The Labute approximate surface area is 308 Å². The topological polar surface area (TPSA) is 120 Å². The lowest BCUT2D eigenvalue weighted by Crippen LogP contribution is -2.38. The third kappa shape index (κ3) is 18.8. The summed E-state index contributed by atoms with van der Waals surface area (Å²) in [5, 5.41) is 0. The second-order valence-corrected chi connectivity index (χ2v) is 12.9. The molecule has 5 aliphatic rings. The van der Waals surface area contributed by atoms with E-state index in [9.17, 15) is 9.59 Å². The molecule has 0 bridgehead atoms. The van der Waals surface area contributed by atoms with Gasteiger partial charge in [-0.15, -0.1) is 0 Å². The Bertz CT molecular complexity index is 1110. The van der Waals surface area contributed by atoms with Crippen LogP contribution in [0.15, 0.2) is 35.6 Å². The number of morpholine rings is 1. The molecule has 2 unspecified atom stereocenters. The van der Waals surface area contributed by atoms with E-state index in [1.807, 2.05) is 19.1 Å². The fourth-order valence-corrected chi connectivity index (χ4v) is 5.70. The van der Waals surface area contributed by atoms with Crippen LogP contribution in [0, 0.1) is 0 Å². The maximum absolute atomic E-state index is 11.1. The van der Waals surface area contributed by atoms with Crippen LogP contribution in [0.4, 0.5) is 0 Å². The summed E-state index contributed by atoms with van der Waals surface area (Å²) in [5.41, 5.74) is 2.48. The van der Waals surface area contributed by atoms with Crippen molar-refractivity contribution in [1.29, 1.82) is 0 Å². The highest BCUT2D eigenvalue weighted by molar-refractivity contribution is 5.93. The monoisotopic (exact) mass is 727 g/mol. The number of rotatable bonds is 9. The quantitative estimate of drug-likeness (QED) is 0.250. The number of methoxy groups -OCH3 is 5. The summed E-state index contributed by atoms with van der Waals surface area (Å²) in [6.07, 6.45) is 8.44. The molecule has 0 radical (unpaired) electrons. The van der Waals surface area contributed by atoms with Gasteiger partial charge in [0.2, 0.25) is 6.29 Å².